The van der Waals surface area contributed by atoms with Crippen molar-refractivity contribution in [3.63, 3.8) is 0 Å². The first-order valence-electron chi connectivity index (χ1n) is 5.68. The minimum absolute atomic E-state index is 0.0943. The van der Waals surface area contributed by atoms with E-state index in [2.05, 4.69) is 6.92 Å². The maximum atomic E-state index is 8.42. The lowest BCUT2D eigenvalue weighted by molar-refractivity contribution is 0.0321. The van der Waals surface area contributed by atoms with E-state index in [1.165, 1.54) is 25.7 Å². The molecule has 3 heteroatoms. The van der Waals surface area contributed by atoms with Crippen LogP contribution in [0.1, 0.15) is 39.0 Å². The zero-order valence-corrected chi connectivity index (χ0v) is 9.33. The molecule has 14 heavy (non-hydrogen) atoms. The third kappa shape index (κ3) is 11.9. The van der Waals surface area contributed by atoms with E-state index >= 15 is 0 Å². The van der Waals surface area contributed by atoms with Crippen LogP contribution >= 0.6 is 0 Å². The fourth-order valence-electron chi connectivity index (χ4n) is 1.19. The molecule has 1 N–H and O–H groups in total. The van der Waals surface area contributed by atoms with Crippen molar-refractivity contribution in [2.45, 2.75) is 39.0 Å². The smallest absolute Gasteiger partial charge is 0.0701 e. The fourth-order valence-corrected chi connectivity index (χ4v) is 1.19. The number of unbranched alkanes of at least 4 members (excludes halogenated alkanes) is 4. The van der Waals surface area contributed by atoms with Gasteiger partial charge in [-0.15, -0.1) is 0 Å². The van der Waals surface area contributed by atoms with E-state index in [1.54, 1.807) is 0 Å². The number of ether oxygens (including phenoxy) is 2. The lowest BCUT2D eigenvalue weighted by atomic mass is 10.2. The first-order valence-corrected chi connectivity index (χ1v) is 5.68. The van der Waals surface area contributed by atoms with Crippen molar-refractivity contribution >= 4 is 0 Å². The fraction of sp³-hybridized carbons (Fsp3) is 1.00. The van der Waals surface area contributed by atoms with Crippen molar-refractivity contribution in [1.82, 2.24) is 0 Å². The molecule has 0 atom stereocenters. The van der Waals surface area contributed by atoms with Gasteiger partial charge in [0.25, 0.3) is 0 Å². The minimum Gasteiger partial charge on any atom is -0.394 e. The van der Waals surface area contributed by atoms with E-state index in [0.29, 0.717) is 19.8 Å². The van der Waals surface area contributed by atoms with Gasteiger partial charge in [0.05, 0.1) is 26.4 Å². The van der Waals surface area contributed by atoms with Crippen LogP contribution in [-0.2, 0) is 9.47 Å². The highest BCUT2D eigenvalue weighted by molar-refractivity contribution is 4.41. The summed E-state index contributed by atoms with van der Waals surface area (Å²) >= 11 is 0. The molecule has 0 heterocycles. The average Bonchev–Trinajstić information content (AvgIpc) is 2.21. The van der Waals surface area contributed by atoms with Crippen LogP contribution in [0.2, 0.25) is 0 Å². The number of hydrogen-bond donors (Lipinski definition) is 1. The SMILES string of the molecule is CCCCCCCOCCOCCO. The maximum Gasteiger partial charge on any atom is 0.0701 e. The molecule has 0 unspecified atom stereocenters. The van der Waals surface area contributed by atoms with Gasteiger partial charge in [0.2, 0.25) is 0 Å². The second-order valence-electron chi connectivity index (χ2n) is 3.36. The molecule has 0 saturated heterocycles. The standard InChI is InChI=1S/C11H24O3/c1-2-3-4-5-6-8-13-10-11-14-9-7-12/h12H,2-11H2,1H3. The lowest BCUT2D eigenvalue weighted by Crippen LogP contribution is -2.07. The van der Waals surface area contributed by atoms with Crippen LogP contribution in [0.5, 0.6) is 0 Å². The Morgan fingerprint density at radius 2 is 1.43 bits per heavy atom. The van der Waals surface area contributed by atoms with Gasteiger partial charge in [-0.2, -0.15) is 0 Å². The number of aliphatic hydroxyl groups excluding tert-OH is 1. The van der Waals surface area contributed by atoms with Crippen molar-refractivity contribution in [1.29, 1.82) is 0 Å². The number of aliphatic hydroxyl groups is 1. The molecule has 0 amide bonds. The van der Waals surface area contributed by atoms with Crippen LogP contribution < -0.4 is 0 Å². The Bertz CT molecular complexity index is 84.5. The van der Waals surface area contributed by atoms with Crippen molar-refractivity contribution in [3.05, 3.63) is 0 Å². The third-order valence-corrected chi connectivity index (χ3v) is 2.00. The molecule has 0 spiro atoms. The van der Waals surface area contributed by atoms with Gasteiger partial charge in [0.1, 0.15) is 0 Å². The summed E-state index contributed by atoms with van der Waals surface area (Å²) in [5.41, 5.74) is 0. The molecule has 86 valence electrons. The van der Waals surface area contributed by atoms with Crippen molar-refractivity contribution in [3.8, 4) is 0 Å². The maximum absolute atomic E-state index is 8.42. The Kier molecular flexibility index (Phi) is 12.8. The van der Waals surface area contributed by atoms with Crippen LogP contribution in [-0.4, -0.2) is 38.1 Å². The van der Waals surface area contributed by atoms with Crippen LogP contribution in [0.15, 0.2) is 0 Å². The van der Waals surface area contributed by atoms with Crippen LogP contribution in [0.3, 0.4) is 0 Å². The minimum atomic E-state index is 0.0943. The highest BCUT2D eigenvalue weighted by Crippen LogP contribution is 2.01. The topological polar surface area (TPSA) is 38.7 Å². The normalized spacial score (nSPS) is 10.7. The van der Waals surface area contributed by atoms with Gasteiger partial charge >= 0.3 is 0 Å². The lowest BCUT2D eigenvalue weighted by Gasteiger charge is -2.04. The molecule has 0 bridgehead atoms. The summed E-state index contributed by atoms with van der Waals surface area (Å²) in [5.74, 6) is 0. The van der Waals surface area contributed by atoms with Gasteiger partial charge < -0.3 is 14.6 Å². The number of rotatable bonds is 11. The second kappa shape index (κ2) is 12.9. The summed E-state index contributed by atoms with van der Waals surface area (Å²) in [6.07, 6.45) is 6.36. The quantitative estimate of drug-likeness (QED) is 0.523. The third-order valence-electron chi connectivity index (χ3n) is 2.00. The Hall–Kier alpha value is -0.120. The molecule has 0 aliphatic heterocycles. The van der Waals surface area contributed by atoms with Crippen molar-refractivity contribution in [2.75, 3.05) is 33.0 Å². The molecule has 0 aromatic rings. The van der Waals surface area contributed by atoms with E-state index in [-0.39, 0.29) is 6.61 Å². The zero-order valence-electron chi connectivity index (χ0n) is 9.33. The van der Waals surface area contributed by atoms with Crippen molar-refractivity contribution in [2.24, 2.45) is 0 Å². The van der Waals surface area contributed by atoms with Gasteiger partial charge in [0.15, 0.2) is 0 Å². The molecular formula is C11H24O3. The Labute approximate surface area is 87.4 Å². The largest absolute Gasteiger partial charge is 0.394 e. The predicted octanol–water partition coefficient (Wildman–Crippen LogP) is 1.98. The molecule has 0 fully saturated rings. The van der Waals surface area contributed by atoms with Gasteiger partial charge in [-0.25, -0.2) is 0 Å². The summed E-state index contributed by atoms with van der Waals surface area (Å²) in [4.78, 5) is 0. The van der Waals surface area contributed by atoms with E-state index in [4.69, 9.17) is 14.6 Å². The first-order chi connectivity index (χ1) is 6.91. The summed E-state index contributed by atoms with van der Waals surface area (Å²) in [6.45, 7) is 4.81. The molecule has 0 saturated carbocycles. The Morgan fingerprint density at radius 1 is 0.786 bits per heavy atom. The van der Waals surface area contributed by atoms with Gasteiger partial charge in [-0.05, 0) is 6.42 Å². The van der Waals surface area contributed by atoms with E-state index in [9.17, 15) is 0 Å². The highest BCUT2D eigenvalue weighted by Gasteiger charge is 1.90. The molecule has 0 aromatic heterocycles. The van der Waals surface area contributed by atoms with Gasteiger partial charge in [0, 0.05) is 6.61 Å². The molecule has 0 radical (unpaired) electrons. The van der Waals surface area contributed by atoms with E-state index < -0.39 is 0 Å². The monoisotopic (exact) mass is 204 g/mol. The van der Waals surface area contributed by atoms with Gasteiger partial charge in [-0.3, -0.25) is 0 Å². The molecular weight excluding hydrogens is 180 g/mol. The van der Waals surface area contributed by atoms with E-state index in [0.717, 1.165) is 13.0 Å². The van der Waals surface area contributed by atoms with Crippen LogP contribution in [0, 0.1) is 0 Å². The first kappa shape index (κ1) is 13.9. The van der Waals surface area contributed by atoms with E-state index in [1.807, 2.05) is 0 Å². The molecule has 0 aromatic carbocycles. The van der Waals surface area contributed by atoms with Crippen LogP contribution in [0.4, 0.5) is 0 Å². The molecule has 0 rings (SSSR count). The van der Waals surface area contributed by atoms with Crippen molar-refractivity contribution < 1.29 is 14.6 Å². The van der Waals surface area contributed by atoms with Crippen LogP contribution in [0.25, 0.3) is 0 Å². The second-order valence-corrected chi connectivity index (χ2v) is 3.36. The average molecular weight is 204 g/mol. The Morgan fingerprint density at radius 3 is 2.07 bits per heavy atom. The highest BCUT2D eigenvalue weighted by atomic mass is 16.5. The zero-order chi connectivity index (χ0) is 10.5. The molecule has 3 nitrogen and oxygen atoms in total. The van der Waals surface area contributed by atoms with Gasteiger partial charge in [-0.1, -0.05) is 32.6 Å². The summed E-state index contributed by atoms with van der Waals surface area (Å²) in [7, 11) is 0. The number of hydrogen-bond acceptors (Lipinski definition) is 3. The summed E-state index contributed by atoms with van der Waals surface area (Å²) in [5, 5.41) is 8.42. The molecule has 0 aliphatic carbocycles. The Balaban J connectivity index is 2.78. The predicted molar refractivity (Wildman–Crippen MR) is 57.5 cm³/mol. The molecule has 0 aliphatic rings. The summed E-state index contributed by atoms with van der Waals surface area (Å²) < 4.78 is 10.4. The summed E-state index contributed by atoms with van der Waals surface area (Å²) in [6, 6.07) is 0.